The molecule has 0 bridgehead atoms. The molecule has 1 aliphatic heterocycles. The molecule has 1 aliphatic rings. The molecule has 1 aromatic heterocycles. The van der Waals surface area contributed by atoms with Crippen molar-refractivity contribution in [3.8, 4) is 0 Å². The molecular formula is C16H17NO3. The molecule has 3 rings (SSSR count). The highest BCUT2D eigenvalue weighted by molar-refractivity contribution is 6.11. The highest BCUT2D eigenvalue weighted by Gasteiger charge is 2.41. The van der Waals surface area contributed by atoms with Gasteiger partial charge in [0.2, 0.25) is 0 Å². The van der Waals surface area contributed by atoms with E-state index < -0.39 is 5.60 Å². The lowest BCUT2D eigenvalue weighted by Gasteiger charge is -2.34. The Morgan fingerprint density at radius 3 is 2.85 bits per heavy atom. The van der Waals surface area contributed by atoms with Crippen LogP contribution >= 0.6 is 0 Å². The third-order valence-corrected chi connectivity index (χ3v) is 4.03. The summed E-state index contributed by atoms with van der Waals surface area (Å²) in [5.41, 5.74) is -0.0816. The first kappa shape index (κ1) is 13.2. The van der Waals surface area contributed by atoms with Crippen LogP contribution in [0.4, 0.5) is 0 Å². The minimum atomic E-state index is -0.762. The largest absolute Gasteiger partial charge is 0.381 e. The van der Waals surface area contributed by atoms with E-state index in [2.05, 4.69) is 4.98 Å². The molecule has 104 valence electrons. The van der Waals surface area contributed by atoms with E-state index in [-0.39, 0.29) is 5.78 Å². The average Bonchev–Trinajstić information content (AvgIpc) is 2.54. The summed E-state index contributed by atoms with van der Waals surface area (Å²) < 4.78 is 10.9. The van der Waals surface area contributed by atoms with E-state index in [9.17, 15) is 4.79 Å². The number of hydrogen-bond donors (Lipinski definition) is 0. The molecule has 1 saturated heterocycles. The summed E-state index contributed by atoms with van der Waals surface area (Å²) in [6.07, 6.45) is 4.67. The van der Waals surface area contributed by atoms with Crippen LogP contribution in [-0.2, 0) is 9.47 Å². The average molecular weight is 271 g/mol. The maximum absolute atomic E-state index is 13.0. The summed E-state index contributed by atoms with van der Waals surface area (Å²) in [7, 11) is 1.60. The fourth-order valence-corrected chi connectivity index (χ4v) is 2.78. The summed E-state index contributed by atoms with van der Waals surface area (Å²) in [4.78, 5) is 17.1. The van der Waals surface area contributed by atoms with Crippen LogP contribution in [0.5, 0.6) is 0 Å². The van der Waals surface area contributed by atoms with Crippen LogP contribution in [0.15, 0.2) is 36.7 Å². The number of Topliss-reactive ketones (excluding diaryl/α,β-unsaturated/α-hetero) is 1. The number of fused-ring (bicyclic) bond motifs is 1. The fourth-order valence-electron chi connectivity index (χ4n) is 2.78. The maximum atomic E-state index is 13.0. The van der Waals surface area contributed by atoms with Gasteiger partial charge in [-0.2, -0.15) is 0 Å². The number of carbonyl (C=O) groups is 1. The predicted molar refractivity (Wildman–Crippen MR) is 75.9 cm³/mol. The first-order chi connectivity index (χ1) is 9.77. The van der Waals surface area contributed by atoms with E-state index in [1.807, 2.05) is 24.3 Å². The molecule has 1 fully saturated rings. The zero-order chi connectivity index (χ0) is 14.0. The van der Waals surface area contributed by atoms with Crippen LogP contribution < -0.4 is 0 Å². The molecule has 0 atom stereocenters. The minimum absolute atomic E-state index is 0.0295. The van der Waals surface area contributed by atoms with Gasteiger partial charge in [-0.3, -0.25) is 9.78 Å². The van der Waals surface area contributed by atoms with Crippen molar-refractivity contribution in [2.75, 3.05) is 20.3 Å². The Morgan fingerprint density at radius 2 is 2.10 bits per heavy atom. The van der Waals surface area contributed by atoms with Gasteiger partial charge in [0.1, 0.15) is 5.60 Å². The molecule has 2 heterocycles. The van der Waals surface area contributed by atoms with E-state index in [0.717, 1.165) is 10.8 Å². The third-order valence-electron chi connectivity index (χ3n) is 4.03. The predicted octanol–water partition coefficient (Wildman–Crippen LogP) is 2.61. The van der Waals surface area contributed by atoms with Gasteiger partial charge in [-0.05, 0) is 11.5 Å². The lowest BCUT2D eigenvalue weighted by Crippen LogP contribution is -2.45. The molecule has 0 saturated carbocycles. The molecule has 0 amide bonds. The number of methoxy groups -OCH3 is 1. The van der Waals surface area contributed by atoms with Crippen molar-refractivity contribution in [3.05, 3.63) is 42.2 Å². The summed E-state index contributed by atoms with van der Waals surface area (Å²) in [5, 5.41) is 1.90. The van der Waals surface area contributed by atoms with Gasteiger partial charge in [-0.15, -0.1) is 0 Å². The van der Waals surface area contributed by atoms with E-state index >= 15 is 0 Å². The van der Waals surface area contributed by atoms with Crippen LogP contribution in [0.1, 0.15) is 23.2 Å². The number of aromatic nitrogens is 1. The Morgan fingerprint density at radius 1 is 1.30 bits per heavy atom. The van der Waals surface area contributed by atoms with Gasteiger partial charge in [-0.25, -0.2) is 0 Å². The van der Waals surface area contributed by atoms with E-state index in [4.69, 9.17) is 9.47 Å². The zero-order valence-electron chi connectivity index (χ0n) is 11.5. The number of nitrogens with zero attached hydrogens (tertiary/aromatic N) is 1. The number of ketones is 1. The van der Waals surface area contributed by atoms with Crippen molar-refractivity contribution < 1.29 is 14.3 Å². The second-order valence-corrected chi connectivity index (χ2v) is 5.04. The SMILES string of the molecule is COC1(C(=O)c2cccc3ccncc23)CCOCC1. The zero-order valence-corrected chi connectivity index (χ0v) is 11.5. The van der Waals surface area contributed by atoms with Crippen molar-refractivity contribution in [2.45, 2.75) is 18.4 Å². The summed E-state index contributed by atoms with van der Waals surface area (Å²) in [5.74, 6) is 0.0295. The lowest BCUT2D eigenvalue weighted by molar-refractivity contribution is -0.0662. The highest BCUT2D eigenvalue weighted by Crippen LogP contribution is 2.31. The molecule has 0 unspecified atom stereocenters. The van der Waals surface area contributed by atoms with Crippen molar-refractivity contribution >= 4 is 16.6 Å². The molecule has 1 aromatic carbocycles. The highest BCUT2D eigenvalue weighted by atomic mass is 16.5. The Balaban J connectivity index is 2.08. The molecule has 0 N–H and O–H groups in total. The Kier molecular flexibility index (Phi) is 3.51. The van der Waals surface area contributed by atoms with E-state index in [0.29, 0.717) is 31.6 Å². The number of pyridine rings is 1. The Labute approximate surface area is 117 Å². The third kappa shape index (κ3) is 2.11. The van der Waals surface area contributed by atoms with E-state index in [1.54, 1.807) is 19.5 Å². The van der Waals surface area contributed by atoms with Crippen LogP contribution in [0.2, 0.25) is 0 Å². The van der Waals surface area contributed by atoms with Gasteiger partial charge in [0.25, 0.3) is 0 Å². The summed E-state index contributed by atoms with van der Waals surface area (Å²) in [6, 6.07) is 7.65. The number of ether oxygens (including phenoxy) is 2. The van der Waals surface area contributed by atoms with Gasteiger partial charge in [0.05, 0.1) is 0 Å². The first-order valence-electron chi connectivity index (χ1n) is 6.77. The molecule has 4 heteroatoms. The van der Waals surface area contributed by atoms with Crippen molar-refractivity contribution in [3.63, 3.8) is 0 Å². The molecular weight excluding hydrogens is 254 g/mol. The van der Waals surface area contributed by atoms with Crippen LogP contribution in [-0.4, -0.2) is 36.7 Å². The molecule has 0 aliphatic carbocycles. The Bertz CT molecular complexity index is 627. The second kappa shape index (κ2) is 5.31. The number of carbonyl (C=O) groups excluding carboxylic acids is 1. The fraction of sp³-hybridized carbons (Fsp3) is 0.375. The smallest absolute Gasteiger partial charge is 0.195 e. The van der Waals surface area contributed by atoms with E-state index in [1.165, 1.54) is 0 Å². The van der Waals surface area contributed by atoms with Crippen LogP contribution in [0.3, 0.4) is 0 Å². The number of benzene rings is 1. The van der Waals surface area contributed by atoms with Gasteiger partial charge in [-0.1, -0.05) is 18.2 Å². The van der Waals surface area contributed by atoms with Gasteiger partial charge >= 0.3 is 0 Å². The first-order valence-corrected chi connectivity index (χ1v) is 6.77. The van der Waals surface area contributed by atoms with Crippen LogP contribution in [0, 0.1) is 0 Å². The monoisotopic (exact) mass is 271 g/mol. The molecule has 4 nitrogen and oxygen atoms in total. The molecule has 20 heavy (non-hydrogen) atoms. The van der Waals surface area contributed by atoms with Crippen LogP contribution in [0.25, 0.3) is 10.8 Å². The lowest BCUT2D eigenvalue weighted by atomic mass is 9.84. The summed E-state index contributed by atoms with van der Waals surface area (Å²) in [6.45, 7) is 1.12. The number of hydrogen-bond acceptors (Lipinski definition) is 4. The Hall–Kier alpha value is -1.78. The molecule has 0 spiro atoms. The standard InChI is InChI=1S/C16H17NO3/c1-19-16(6-9-20-10-7-16)15(18)13-4-2-3-12-5-8-17-11-14(12)13/h2-5,8,11H,6-7,9-10H2,1H3. The molecule has 0 radical (unpaired) electrons. The quantitative estimate of drug-likeness (QED) is 0.805. The van der Waals surface area contributed by atoms with Crippen molar-refractivity contribution in [1.29, 1.82) is 0 Å². The van der Waals surface area contributed by atoms with Crippen molar-refractivity contribution in [2.24, 2.45) is 0 Å². The minimum Gasteiger partial charge on any atom is -0.381 e. The topological polar surface area (TPSA) is 48.4 Å². The van der Waals surface area contributed by atoms with Gasteiger partial charge in [0, 0.05) is 56.5 Å². The maximum Gasteiger partial charge on any atom is 0.195 e. The van der Waals surface area contributed by atoms with Crippen molar-refractivity contribution in [1.82, 2.24) is 4.98 Å². The van der Waals surface area contributed by atoms with Gasteiger partial charge < -0.3 is 9.47 Å². The molecule has 2 aromatic rings. The van der Waals surface area contributed by atoms with Gasteiger partial charge in [0.15, 0.2) is 5.78 Å². The normalized spacial score (nSPS) is 18.1. The number of rotatable bonds is 3. The second-order valence-electron chi connectivity index (χ2n) is 5.04. The summed E-state index contributed by atoms with van der Waals surface area (Å²) >= 11 is 0.